The first kappa shape index (κ1) is 22.1. The molecule has 0 aliphatic carbocycles. The Morgan fingerprint density at radius 3 is 2.75 bits per heavy atom. The van der Waals surface area contributed by atoms with Crippen molar-refractivity contribution in [2.45, 2.75) is 45.3 Å². The maximum Gasteiger partial charge on any atom is 0.185 e. The molecule has 2 aromatic heterocycles. The molecule has 0 spiro atoms. The fraction of sp³-hybridized carbons (Fsp3) is 0.360. The fourth-order valence-electron chi connectivity index (χ4n) is 3.46. The maximum absolute atomic E-state index is 9.80. The van der Waals surface area contributed by atoms with Crippen molar-refractivity contribution in [3.63, 3.8) is 0 Å². The lowest BCUT2D eigenvalue weighted by molar-refractivity contribution is 0.143. The number of rotatable bonds is 5. The monoisotopic (exact) mass is 448 g/mol. The summed E-state index contributed by atoms with van der Waals surface area (Å²) in [4.78, 5) is 12.4. The minimum absolute atomic E-state index is 0.342. The summed E-state index contributed by atoms with van der Waals surface area (Å²) in [7, 11) is 0. The van der Waals surface area contributed by atoms with Crippen LogP contribution < -0.4 is 15.4 Å². The van der Waals surface area contributed by atoms with Crippen LogP contribution in [0.25, 0.3) is 10.4 Å². The van der Waals surface area contributed by atoms with Gasteiger partial charge in [0.15, 0.2) is 16.7 Å². The van der Waals surface area contributed by atoms with Gasteiger partial charge in [0.05, 0.1) is 4.88 Å². The molecule has 3 N–H and O–H groups in total. The van der Waals surface area contributed by atoms with E-state index in [2.05, 4.69) is 26.7 Å². The van der Waals surface area contributed by atoms with Crippen LogP contribution in [-0.4, -0.2) is 33.8 Å². The topological polar surface area (TPSA) is 84.5 Å². The third kappa shape index (κ3) is 5.78. The van der Waals surface area contributed by atoms with E-state index in [1.54, 1.807) is 31.4 Å². The number of nitrogens with zero attached hydrogens (tertiary/aromatic N) is 3. The SMILES string of the molecule is CC(C)(O)C#Cc1cccc(COc2cc(-c3cnc(N4CCCCC4)s3)cnc2N)c1. The Bertz CT molecular complexity index is 1130. The van der Waals surface area contributed by atoms with E-state index >= 15 is 0 Å². The molecule has 0 radical (unpaired) electrons. The van der Waals surface area contributed by atoms with Gasteiger partial charge in [0.1, 0.15) is 12.2 Å². The van der Waals surface area contributed by atoms with Gasteiger partial charge in [0.2, 0.25) is 0 Å². The molecule has 4 rings (SSSR count). The minimum Gasteiger partial charge on any atom is -0.485 e. The van der Waals surface area contributed by atoms with Crippen LogP contribution in [0.15, 0.2) is 42.7 Å². The molecule has 6 nitrogen and oxygen atoms in total. The largest absolute Gasteiger partial charge is 0.485 e. The second-order valence-electron chi connectivity index (χ2n) is 8.46. The van der Waals surface area contributed by atoms with Gasteiger partial charge in [0, 0.05) is 36.6 Å². The molecule has 1 aliphatic heterocycles. The fourth-order valence-corrected chi connectivity index (χ4v) is 4.41. The molecule has 0 unspecified atom stereocenters. The molecule has 32 heavy (non-hydrogen) atoms. The van der Waals surface area contributed by atoms with Crippen LogP contribution in [0.1, 0.15) is 44.2 Å². The highest BCUT2D eigenvalue weighted by Gasteiger charge is 2.16. The van der Waals surface area contributed by atoms with Crippen LogP contribution in [0.4, 0.5) is 10.9 Å². The summed E-state index contributed by atoms with van der Waals surface area (Å²) < 4.78 is 6.00. The number of pyridine rings is 1. The average molecular weight is 449 g/mol. The second kappa shape index (κ2) is 9.60. The van der Waals surface area contributed by atoms with Crippen molar-refractivity contribution < 1.29 is 9.84 Å². The molecule has 166 valence electrons. The molecule has 1 aromatic carbocycles. The molecule has 0 saturated carbocycles. The summed E-state index contributed by atoms with van der Waals surface area (Å²) in [5, 5.41) is 10.9. The molecular formula is C25H28N4O2S. The highest BCUT2D eigenvalue weighted by molar-refractivity contribution is 7.18. The Morgan fingerprint density at radius 2 is 1.97 bits per heavy atom. The second-order valence-corrected chi connectivity index (χ2v) is 9.47. The lowest BCUT2D eigenvalue weighted by Gasteiger charge is -2.25. The van der Waals surface area contributed by atoms with Gasteiger partial charge in [-0.1, -0.05) is 35.3 Å². The number of nitrogens with two attached hydrogens (primary N) is 1. The Labute approximate surface area is 193 Å². The quantitative estimate of drug-likeness (QED) is 0.560. The van der Waals surface area contributed by atoms with Gasteiger partial charge >= 0.3 is 0 Å². The van der Waals surface area contributed by atoms with Crippen LogP contribution in [-0.2, 0) is 6.61 Å². The van der Waals surface area contributed by atoms with Crippen LogP contribution >= 0.6 is 11.3 Å². The lowest BCUT2D eigenvalue weighted by Crippen LogP contribution is -2.29. The van der Waals surface area contributed by atoms with Crippen molar-refractivity contribution >= 4 is 22.3 Å². The number of piperidine rings is 1. The predicted molar refractivity (Wildman–Crippen MR) is 130 cm³/mol. The first-order chi connectivity index (χ1) is 15.4. The number of aromatic nitrogens is 2. The smallest absolute Gasteiger partial charge is 0.185 e. The number of benzene rings is 1. The summed E-state index contributed by atoms with van der Waals surface area (Å²) in [5.41, 5.74) is 7.77. The predicted octanol–water partition coefficient (Wildman–Crippen LogP) is 4.48. The van der Waals surface area contributed by atoms with Gasteiger partial charge in [-0.15, -0.1) is 0 Å². The minimum atomic E-state index is -1.03. The number of ether oxygens (including phenoxy) is 1. The number of hydrogen-bond acceptors (Lipinski definition) is 7. The van der Waals surface area contributed by atoms with E-state index in [1.807, 2.05) is 36.5 Å². The molecule has 0 bridgehead atoms. The zero-order valence-corrected chi connectivity index (χ0v) is 19.3. The van der Waals surface area contributed by atoms with Gasteiger partial charge < -0.3 is 20.5 Å². The average Bonchev–Trinajstić information content (AvgIpc) is 3.28. The van der Waals surface area contributed by atoms with E-state index in [-0.39, 0.29) is 0 Å². The van der Waals surface area contributed by atoms with Crippen molar-refractivity contribution in [2.75, 3.05) is 23.7 Å². The molecule has 0 amide bonds. The third-order valence-corrected chi connectivity index (χ3v) is 6.23. The zero-order valence-electron chi connectivity index (χ0n) is 18.5. The van der Waals surface area contributed by atoms with Crippen molar-refractivity contribution in [1.29, 1.82) is 0 Å². The first-order valence-corrected chi connectivity index (χ1v) is 11.6. The molecular weight excluding hydrogens is 420 g/mol. The Hall–Kier alpha value is -3.08. The van der Waals surface area contributed by atoms with Gasteiger partial charge in [0.25, 0.3) is 0 Å². The highest BCUT2D eigenvalue weighted by Crippen LogP contribution is 2.35. The Morgan fingerprint density at radius 1 is 1.16 bits per heavy atom. The Kier molecular flexibility index (Phi) is 6.63. The van der Waals surface area contributed by atoms with Crippen molar-refractivity contribution in [3.05, 3.63) is 53.9 Å². The first-order valence-electron chi connectivity index (χ1n) is 10.8. The summed E-state index contributed by atoms with van der Waals surface area (Å²) in [6.45, 7) is 5.80. The number of anilines is 2. The Balaban J connectivity index is 1.47. The number of hydrogen-bond donors (Lipinski definition) is 2. The molecule has 7 heteroatoms. The molecule has 3 aromatic rings. The highest BCUT2D eigenvalue weighted by atomic mass is 32.1. The van der Waals surface area contributed by atoms with E-state index in [0.29, 0.717) is 18.2 Å². The third-order valence-electron chi connectivity index (χ3n) is 5.12. The van der Waals surface area contributed by atoms with Crippen LogP contribution in [0, 0.1) is 11.8 Å². The van der Waals surface area contributed by atoms with Crippen LogP contribution in [0.5, 0.6) is 5.75 Å². The van der Waals surface area contributed by atoms with Crippen molar-refractivity contribution in [2.24, 2.45) is 0 Å². The summed E-state index contributed by atoms with van der Waals surface area (Å²) in [5.74, 6) is 6.72. The number of nitrogen functional groups attached to an aromatic ring is 1. The molecule has 1 saturated heterocycles. The lowest BCUT2D eigenvalue weighted by atomic mass is 10.1. The summed E-state index contributed by atoms with van der Waals surface area (Å²) >= 11 is 1.67. The van der Waals surface area contributed by atoms with Crippen LogP contribution in [0.3, 0.4) is 0 Å². The van der Waals surface area contributed by atoms with E-state index in [1.165, 1.54) is 19.3 Å². The van der Waals surface area contributed by atoms with E-state index in [9.17, 15) is 5.11 Å². The number of aliphatic hydroxyl groups is 1. The molecule has 1 fully saturated rings. The number of thiazole rings is 1. The van der Waals surface area contributed by atoms with Gasteiger partial charge in [-0.05, 0) is 56.9 Å². The maximum atomic E-state index is 9.80. The van der Waals surface area contributed by atoms with E-state index in [0.717, 1.165) is 39.8 Å². The van der Waals surface area contributed by atoms with Crippen molar-refractivity contribution in [1.82, 2.24) is 9.97 Å². The standard InChI is InChI=1S/C25H28N4O2S/c1-25(2,30)10-9-18-7-6-8-19(13-18)17-31-21-14-20(15-27-23(21)26)22-16-28-24(32-22)29-11-4-3-5-12-29/h6-8,13-16,30H,3-5,11-12,17H2,1-2H3,(H2,26,27). The summed E-state index contributed by atoms with van der Waals surface area (Å²) in [6.07, 6.45) is 7.41. The van der Waals surface area contributed by atoms with Crippen molar-refractivity contribution in [3.8, 4) is 28.0 Å². The zero-order chi connectivity index (χ0) is 22.6. The molecule has 3 heterocycles. The normalized spacial score (nSPS) is 14.0. The van der Waals surface area contributed by atoms with E-state index < -0.39 is 5.60 Å². The van der Waals surface area contributed by atoms with Crippen LogP contribution in [0.2, 0.25) is 0 Å². The van der Waals surface area contributed by atoms with E-state index in [4.69, 9.17) is 10.5 Å². The summed E-state index contributed by atoms with van der Waals surface area (Å²) in [6, 6.07) is 9.66. The van der Waals surface area contributed by atoms with Gasteiger partial charge in [-0.2, -0.15) is 0 Å². The molecule has 1 aliphatic rings. The molecule has 0 atom stereocenters. The van der Waals surface area contributed by atoms with Gasteiger partial charge in [-0.3, -0.25) is 0 Å². The van der Waals surface area contributed by atoms with Gasteiger partial charge in [-0.25, -0.2) is 9.97 Å².